The zero-order valence-electron chi connectivity index (χ0n) is 11.4. The molecule has 0 unspecified atom stereocenters. The van der Waals surface area contributed by atoms with Gasteiger partial charge in [-0.3, -0.25) is 5.32 Å². The number of nitrogens with zero attached hydrogens (tertiary/aromatic N) is 1. The SMILES string of the molecule is CC(C)(C)OC(=O)Nc1ccc2c(Br)cc(S)cc2n1. The summed E-state index contributed by atoms with van der Waals surface area (Å²) in [5.41, 5.74) is 0.209. The molecule has 0 atom stereocenters. The number of ether oxygens (including phenoxy) is 1. The van der Waals surface area contributed by atoms with E-state index >= 15 is 0 Å². The summed E-state index contributed by atoms with van der Waals surface area (Å²) < 4.78 is 6.10. The number of hydrogen-bond donors (Lipinski definition) is 2. The van der Waals surface area contributed by atoms with E-state index in [1.54, 1.807) is 6.07 Å². The van der Waals surface area contributed by atoms with Gasteiger partial charge in [-0.25, -0.2) is 9.78 Å². The van der Waals surface area contributed by atoms with Crippen LogP contribution < -0.4 is 5.32 Å². The van der Waals surface area contributed by atoms with Crippen molar-refractivity contribution < 1.29 is 9.53 Å². The lowest BCUT2D eigenvalue weighted by Gasteiger charge is -2.19. The molecule has 2 rings (SSSR count). The molecule has 0 saturated heterocycles. The molecule has 0 spiro atoms. The number of anilines is 1. The molecule has 1 amide bonds. The van der Waals surface area contributed by atoms with E-state index in [1.807, 2.05) is 39.0 Å². The van der Waals surface area contributed by atoms with Gasteiger partial charge in [-0.15, -0.1) is 12.6 Å². The molecule has 0 fully saturated rings. The van der Waals surface area contributed by atoms with Gasteiger partial charge in [0.15, 0.2) is 0 Å². The number of fused-ring (bicyclic) bond motifs is 1. The number of amides is 1. The maximum atomic E-state index is 11.7. The molecule has 0 aliphatic carbocycles. The van der Waals surface area contributed by atoms with E-state index in [2.05, 4.69) is 38.9 Å². The minimum atomic E-state index is -0.539. The molecule has 0 bridgehead atoms. The number of hydrogen-bond acceptors (Lipinski definition) is 4. The highest BCUT2D eigenvalue weighted by molar-refractivity contribution is 9.10. The molecule has 0 aliphatic heterocycles. The second-order valence-electron chi connectivity index (χ2n) is 5.32. The summed E-state index contributed by atoms with van der Waals surface area (Å²) >= 11 is 7.77. The topological polar surface area (TPSA) is 51.2 Å². The molecule has 1 N–H and O–H groups in total. The molecule has 106 valence electrons. The lowest BCUT2D eigenvalue weighted by molar-refractivity contribution is 0.0635. The smallest absolute Gasteiger partial charge is 0.413 e. The Morgan fingerprint density at radius 1 is 1.35 bits per heavy atom. The van der Waals surface area contributed by atoms with Crippen molar-refractivity contribution in [2.45, 2.75) is 31.3 Å². The van der Waals surface area contributed by atoms with Crippen LogP contribution in [0.25, 0.3) is 10.9 Å². The number of halogens is 1. The summed E-state index contributed by atoms with van der Waals surface area (Å²) in [6, 6.07) is 7.35. The summed E-state index contributed by atoms with van der Waals surface area (Å²) in [5.74, 6) is 0.442. The van der Waals surface area contributed by atoms with Crippen molar-refractivity contribution in [2.75, 3.05) is 5.32 Å². The van der Waals surface area contributed by atoms with Crippen LogP contribution in [0.4, 0.5) is 10.6 Å². The molecular formula is C14H15BrN2O2S. The van der Waals surface area contributed by atoms with E-state index in [4.69, 9.17) is 4.74 Å². The Balaban J connectivity index is 2.26. The van der Waals surface area contributed by atoms with Crippen molar-refractivity contribution in [3.63, 3.8) is 0 Å². The Hall–Kier alpha value is -1.27. The van der Waals surface area contributed by atoms with Crippen LogP contribution in [0.2, 0.25) is 0 Å². The highest BCUT2D eigenvalue weighted by atomic mass is 79.9. The monoisotopic (exact) mass is 354 g/mol. The van der Waals surface area contributed by atoms with Crippen molar-refractivity contribution in [3.05, 3.63) is 28.7 Å². The fourth-order valence-electron chi connectivity index (χ4n) is 1.65. The fraction of sp³-hybridized carbons (Fsp3) is 0.286. The summed E-state index contributed by atoms with van der Waals surface area (Å²) in [5, 5.41) is 3.57. The minimum Gasteiger partial charge on any atom is -0.444 e. The quantitative estimate of drug-likeness (QED) is 0.733. The second-order valence-corrected chi connectivity index (χ2v) is 6.69. The van der Waals surface area contributed by atoms with E-state index in [0.717, 1.165) is 20.3 Å². The molecule has 1 heterocycles. The molecule has 20 heavy (non-hydrogen) atoms. The highest BCUT2D eigenvalue weighted by Crippen LogP contribution is 2.27. The standard InChI is InChI=1S/C14H15BrN2O2S/c1-14(2,3)19-13(18)17-12-5-4-9-10(15)6-8(20)7-11(9)16-12/h4-7,20H,1-3H3,(H,16,17,18). The predicted molar refractivity (Wildman–Crippen MR) is 86.6 cm³/mol. The maximum Gasteiger partial charge on any atom is 0.413 e. The highest BCUT2D eigenvalue weighted by Gasteiger charge is 2.16. The lowest BCUT2D eigenvalue weighted by Crippen LogP contribution is -2.27. The molecular weight excluding hydrogens is 340 g/mol. The van der Waals surface area contributed by atoms with Crippen LogP contribution in [0.15, 0.2) is 33.6 Å². The molecule has 4 nitrogen and oxygen atoms in total. The average Bonchev–Trinajstić information content (AvgIpc) is 2.24. The molecule has 0 saturated carbocycles. The van der Waals surface area contributed by atoms with Gasteiger partial charge in [0.25, 0.3) is 0 Å². The molecule has 0 aliphatic rings. The Kier molecular flexibility index (Phi) is 4.25. The van der Waals surface area contributed by atoms with Gasteiger partial charge in [0.05, 0.1) is 5.52 Å². The third-order valence-corrected chi connectivity index (χ3v) is 3.28. The van der Waals surface area contributed by atoms with Crippen molar-refractivity contribution >= 4 is 51.4 Å². The van der Waals surface area contributed by atoms with Crippen molar-refractivity contribution in [1.29, 1.82) is 0 Å². The first-order valence-corrected chi connectivity index (χ1v) is 7.28. The summed E-state index contributed by atoms with van der Waals surface area (Å²) in [6.07, 6.45) is -0.523. The van der Waals surface area contributed by atoms with Crippen molar-refractivity contribution in [2.24, 2.45) is 0 Å². The van der Waals surface area contributed by atoms with Gasteiger partial charge in [0.1, 0.15) is 11.4 Å². The van der Waals surface area contributed by atoms with Crippen LogP contribution >= 0.6 is 28.6 Å². The van der Waals surface area contributed by atoms with Crippen LogP contribution in [0.3, 0.4) is 0 Å². The van der Waals surface area contributed by atoms with E-state index in [-0.39, 0.29) is 0 Å². The number of benzene rings is 1. The summed E-state index contributed by atoms with van der Waals surface area (Å²) in [7, 11) is 0. The number of rotatable bonds is 1. The summed E-state index contributed by atoms with van der Waals surface area (Å²) in [4.78, 5) is 16.9. The maximum absolute atomic E-state index is 11.7. The van der Waals surface area contributed by atoms with Crippen LogP contribution in [-0.2, 0) is 4.74 Å². The molecule has 1 aromatic heterocycles. The third kappa shape index (κ3) is 3.86. The van der Waals surface area contributed by atoms with Gasteiger partial charge in [-0.2, -0.15) is 0 Å². The van der Waals surface area contributed by atoms with Crippen molar-refractivity contribution in [1.82, 2.24) is 4.98 Å². The van der Waals surface area contributed by atoms with E-state index < -0.39 is 11.7 Å². The zero-order valence-corrected chi connectivity index (χ0v) is 13.9. The molecule has 1 aromatic carbocycles. The fourth-order valence-corrected chi connectivity index (χ4v) is 2.66. The van der Waals surface area contributed by atoms with Gasteiger partial charge >= 0.3 is 6.09 Å². The number of nitrogens with one attached hydrogen (secondary N) is 1. The number of thiol groups is 1. The number of pyridine rings is 1. The molecule has 0 radical (unpaired) electrons. The van der Waals surface area contributed by atoms with Gasteiger partial charge in [-0.05, 0) is 45.0 Å². The Bertz CT molecular complexity index is 668. The van der Waals surface area contributed by atoms with Crippen molar-refractivity contribution in [3.8, 4) is 0 Å². The number of aromatic nitrogens is 1. The molecule has 2 aromatic rings. The van der Waals surface area contributed by atoms with Gasteiger partial charge in [0.2, 0.25) is 0 Å². The summed E-state index contributed by atoms with van der Waals surface area (Å²) in [6.45, 7) is 5.43. The predicted octanol–water partition coefficient (Wildman–Crippen LogP) is 4.63. The van der Waals surface area contributed by atoms with Gasteiger partial charge < -0.3 is 4.74 Å². The average molecular weight is 355 g/mol. The Labute approximate surface area is 131 Å². The van der Waals surface area contributed by atoms with Gasteiger partial charge in [0, 0.05) is 14.8 Å². The Morgan fingerprint density at radius 3 is 2.70 bits per heavy atom. The normalized spacial score (nSPS) is 11.4. The largest absolute Gasteiger partial charge is 0.444 e. The minimum absolute atomic E-state index is 0.442. The first-order chi connectivity index (χ1) is 9.24. The Morgan fingerprint density at radius 2 is 2.05 bits per heavy atom. The van der Waals surface area contributed by atoms with E-state index in [9.17, 15) is 4.79 Å². The van der Waals surface area contributed by atoms with Crippen LogP contribution in [0, 0.1) is 0 Å². The van der Waals surface area contributed by atoms with Crippen LogP contribution in [-0.4, -0.2) is 16.7 Å². The van der Waals surface area contributed by atoms with Crippen LogP contribution in [0.5, 0.6) is 0 Å². The second kappa shape index (κ2) is 5.61. The lowest BCUT2D eigenvalue weighted by atomic mass is 10.2. The first-order valence-electron chi connectivity index (χ1n) is 6.04. The number of carbonyl (C=O) groups excluding carboxylic acids is 1. The molecule has 6 heteroatoms. The van der Waals surface area contributed by atoms with Crippen LogP contribution in [0.1, 0.15) is 20.8 Å². The number of carbonyl (C=O) groups is 1. The zero-order chi connectivity index (χ0) is 14.9. The third-order valence-electron chi connectivity index (χ3n) is 2.37. The van der Waals surface area contributed by atoms with Gasteiger partial charge in [-0.1, -0.05) is 15.9 Å². The van der Waals surface area contributed by atoms with E-state index in [0.29, 0.717) is 5.82 Å². The first kappa shape index (κ1) is 15.1. The van der Waals surface area contributed by atoms with E-state index in [1.165, 1.54) is 0 Å².